The predicted octanol–water partition coefficient (Wildman–Crippen LogP) is 0.570. The van der Waals surface area contributed by atoms with Gasteiger partial charge in [-0.1, -0.05) is 0 Å². The molecule has 5 nitrogen and oxygen atoms in total. The number of rotatable bonds is 1. The van der Waals surface area contributed by atoms with E-state index in [9.17, 15) is 4.79 Å². The van der Waals surface area contributed by atoms with Crippen LogP contribution in [-0.2, 0) is 0 Å². The van der Waals surface area contributed by atoms with Gasteiger partial charge in [-0.15, -0.1) is 0 Å². The minimum absolute atomic E-state index is 0.212. The predicted molar refractivity (Wildman–Crippen MR) is 44.7 cm³/mol. The Kier molecular flexibility index (Phi) is 2.57. The zero-order valence-electron chi connectivity index (χ0n) is 6.98. The molecule has 64 valence electrons. The van der Waals surface area contributed by atoms with Crippen molar-refractivity contribution in [2.24, 2.45) is 0 Å². The second-order valence-electron chi connectivity index (χ2n) is 2.42. The van der Waals surface area contributed by atoms with Crippen molar-refractivity contribution < 1.29 is 4.79 Å². The maximum absolute atomic E-state index is 11.1. The molecule has 0 radical (unpaired) electrons. The van der Waals surface area contributed by atoms with E-state index in [1.54, 1.807) is 20.3 Å². The zero-order chi connectivity index (χ0) is 8.97. The highest BCUT2D eigenvalue weighted by molar-refractivity contribution is 5.87. The molecule has 1 aromatic heterocycles. The summed E-state index contributed by atoms with van der Waals surface area (Å²) >= 11 is 0. The van der Waals surface area contributed by atoms with E-state index in [1.165, 1.54) is 17.3 Å². The van der Waals surface area contributed by atoms with Gasteiger partial charge in [-0.3, -0.25) is 10.3 Å². The Morgan fingerprint density at radius 1 is 1.50 bits per heavy atom. The van der Waals surface area contributed by atoms with Gasteiger partial charge in [0.15, 0.2) is 5.82 Å². The summed E-state index contributed by atoms with van der Waals surface area (Å²) in [6.45, 7) is 0. The topological polar surface area (TPSA) is 58.1 Å². The molecule has 0 aliphatic heterocycles. The summed E-state index contributed by atoms with van der Waals surface area (Å²) in [7, 11) is 3.32. The van der Waals surface area contributed by atoms with Gasteiger partial charge in [-0.05, 0) is 0 Å². The van der Waals surface area contributed by atoms with Crippen molar-refractivity contribution in [2.75, 3.05) is 19.4 Å². The van der Waals surface area contributed by atoms with Crippen molar-refractivity contribution in [1.29, 1.82) is 0 Å². The fourth-order valence-electron chi connectivity index (χ4n) is 0.585. The third kappa shape index (κ3) is 2.19. The first-order valence-corrected chi connectivity index (χ1v) is 3.44. The van der Waals surface area contributed by atoms with Crippen molar-refractivity contribution in [3.63, 3.8) is 0 Å². The molecule has 1 heterocycles. The molecule has 1 rings (SSSR count). The molecule has 0 saturated carbocycles. The molecule has 0 saturated heterocycles. The molecule has 0 atom stereocenters. The average molecular weight is 166 g/mol. The number of carbonyl (C=O) groups excluding carboxylic acids is 1. The van der Waals surface area contributed by atoms with Crippen LogP contribution in [0.25, 0.3) is 0 Å². The second kappa shape index (κ2) is 3.66. The fourth-order valence-corrected chi connectivity index (χ4v) is 0.585. The van der Waals surface area contributed by atoms with Gasteiger partial charge in [-0.2, -0.15) is 0 Å². The lowest BCUT2D eigenvalue weighted by Crippen LogP contribution is -2.27. The summed E-state index contributed by atoms with van der Waals surface area (Å²) in [5.74, 6) is 0.455. The standard InChI is InChI=1S/C7H10N4O/c1-11(2)7(12)10-6-5-8-3-4-9-6/h3-5H,1-2H3,(H,9,10,12). The summed E-state index contributed by atoms with van der Waals surface area (Å²) < 4.78 is 0. The van der Waals surface area contributed by atoms with Crippen LogP contribution in [0, 0.1) is 0 Å². The van der Waals surface area contributed by atoms with Crippen LogP contribution >= 0.6 is 0 Å². The maximum Gasteiger partial charge on any atom is 0.322 e. The molecule has 0 spiro atoms. The Bertz CT molecular complexity index is 259. The summed E-state index contributed by atoms with van der Waals surface area (Å²) in [6.07, 6.45) is 4.55. The van der Waals surface area contributed by atoms with Crippen LogP contribution in [0.1, 0.15) is 0 Å². The Labute approximate surface area is 70.4 Å². The maximum atomic E-state index is 11.1. The first kappa shape index (κ1) is 8.45. The number of urea groups is 1. The number of carbonyl (C=O) groups is 1. The van der Waals surface area contributed by atoms with E-state index in [2.05, 4.69) is 15.3 Å². The SMILES string of the molecule is CN(C)C(=O)Nc1cnccn1. The number of nitrogens with one attached hydrogen (secondary N) is 1. The van der Waals surface area contributed by atoms with Crippen LogP contribution in [0.3, 0.4) is 0 Å². The summed E-state index contributed by atoms with van der Waals surface area (Å²) in [5, 5.41) is 2.55. The molecular weight excluding hydrogens is 156 g/mol. The fraction of sp³-hybridized carbons (Fsp3) is 0.286. The Hall–Kier alpha value is -1.65. The minimum atomic E-state index is -0.212. The first-order valence-electron chi connectivity index (χ1n) is 3.44. The largest absolute Gasteiger partial charge is 0.331 e. The molecule has 0 aromatic carbocycles. The third-order valence-electron chi connectivity index (χ3n) is 1.20. The van der Waals surface area contributed by atoms with Gasteiger partial charge < -0.3 is 4.90 Å². The van der Waals surface area contributed by atoms with E-state index in [1.807, 2.05) is 0 Å². The number of anilines is 1. The Morgan fingerprint density at radius 3 is 2.75 bits per heavy atom. The van der Waals surface area contributed by atoms with Crippen LogP contribution in [0.2, 0.25) is 0 Å². The number of amides is 2. The molecule has 0 fully saturated rings. The molecule has 1 N–H and O–H groups in total. The second-order valence-corrected chi connectivity index (χ2v) is 2.42. The van der Waals surface area contributed by atoms with Gasteiger partial charge in [0.2, 0.25) is 0 Å². The molecule has 0 bridgehead atoms. The molecule has 0 aliphatic rings. The Balaban J connectivity index is 2.59. The van der Waals surface area contributed by atoms with Crippen LogP contribution in [0.15, 0.2) is 18.6 Å². The highest BCUT2D eigenvalue weighted by Crippen LogP contribution is 1.97. The van der Waals surface area contributed by atoms with E-state index < -0.39 is 0 Å². The smallest absolute Gasteiger partial charge is 0.322 e. The summed E-state index contributed by atoms with van der Waals surface area (Å²) in [5.41, 5.74) is 0. The van der Waals surface area contributed by atoms with Gasteiger partial charge in [0.25, 0.3) is 0 Å². The number of hydrogen-bond acceptors (Lipinski definition) is 3. The van der Waals surface area contributed by atoms with E-state index in [-0.39, 0.29) is 6.03 Å². The highest BCUT2D eigenvalue weighted by atomic mass is 16.2. The normalized spacial score (nSPS) is 9.17. The third-order valence-corrected chi connectivity index (χ3v) is 1.20. The van der Waals surface area contributed by atoms with Crippen LogP contribution < -0.4 is 5.32 Å². The number of nitrogens with zero attached hydrogens (tertiary/aromatic N) is 3. The van der Waals surface area contributed by atoms with E-state index >= 15 is 0 Å². The molecule has 5 heteroatoms. The molecular formula is C7H10N4O. The summed E-state index contributed by atoms with van der Waals surface area (Å²) in [4.78, 5) is 20.2. The molecule has 12 heavy (non-hydrogen) atoms. The molecule has 0 unspecified atom stereocenters. The van der Waals surface area contributed by atoms with Gasteiger partial charge in [0.05, 0.1) is 6.20 Å². The van der Waals surface area contributed by atoms with E-state index in [0.717, 1.165) is 0 Å². The number of hydrogen-bond donors (Lipinski definition) is 1. The summed E-state index contributed by atoms with van der Waals surface area (Å²) in [6, 6.07) is -0.212. The van der Waals surface area contributed by atoms with Crippen molar-refractivity contribution in [1.82, 2.24) is 14.9 Å². The van der Waals surface area contributed by atoms with Gasteiger partial charge in [0.1, 0.15) is 0 Å². The lowest BCUT2D eigenvalue weighted by Gasteiger charge is -2.10. The Morgan fingerprint density at radius 2 is 2.25 bits per heavy atom. The van der Waals surface area contributed by atoms with Gasteiger partial charge in [-0.25, -0.2) is 9.78 Å². The minimum Gasteiger partial charge on any atom is -0.331 e. The lowest BCUT2D eigenvalue weighted by molar-refractivity contribution is 0.230. The monoisotopic (exact) mass is 166 g/mol. The van der Waals surface area contributed by atoms with Crippen molar-refractivity contribution in [3.8, 4) is 0 Å². The van der Waals surface area contributed by atoms with Crippen molar-refractivity contribution >= 4 is 11.8 Å². The highest BCUT2D eigenvalue weighted by Gasteiger charge is 2.02. The average Bonchev–Trinajstić information content (AvgIpc) is 2.06. The van der Waals surface area contributed by atoms with Gasteiger partial charge in [0, 0.05) is 26.5 Å². The molecule has 2 amide bonds. The quantitative estimate of drug-likeness (QED) is 0.663. The molecule has 0 aliphatic carbocycles. The van der Waals surface area contributed by atoms with Gasteiger partial charge >= 0.3 is 6.03 Å². The number of aromatic nitrogens is 2. The van der Waals surface area contributed by atoms with Crippen LogP contribution in [0.4, 0.5) is 10.6 Å². The van der Waals surface area contributed by atoms with Crippen molar-refractivity contribution in [2.45, 2.75) is 0 Å². The van der Waals surface area contributed by atoms with E-state index in [0.29, 0.717) is 5.82 Å². The zero-order valence-corrected chi connectivity index (χ0v) is 6.98. The van der Waals surface area contributed by atoms with Crippen LogP contribution in [0.5, 0.6) is 0 Å². The van der Waals surface area contributed by atoms with Crippen molar-refractivity contribution in [3.05, 3.63) is 18.6 Å². The van der Waals surface area contributed by atoms with Crippen LogP contribution in [-0.4, -0.2) is 35.0 Å². The molecule has 1 aromatic rings. The van der Waals surface area contributed by atoms with E-state index in [4.69, 9.17) is 0 Å². The lowest BCUT2D eigenvalue weighted by atomic mass is 10.6. The first-order chi connectivity index (χ1) is 5.70.